The Kier molecular flexibility index (Phi) is 7.25. The van der Waals surface area contributed by atoms with Gasteiger partial charge in [-0.1, -0.05) is 37.3 Å². The molecule has 0 heterocycles. The third-order valence-corrected chi connectivity index (χ3v) is 3.03. The summed E-state index contributed by atoms with van der Waals surface area (Å²) in [7, 11) is 0. The molecule has 0 spiro atoms. The number of aliphatic hydroxyl groups excluding tert-OH is 1. The van der Waals surface area contributed by atoms with E-state index in [4.69, 9.17) is 10.2 Å². The summed E-state index contributed by atoms with van der Waals surface area (Å²) in [6, 6.07) is 8.05. The van der Waals surface area contributed by atoms with Crippen LogP contribution in [0.1, 0.15) is 31.4 Å². The Bertz CT molecular complexity index is 444. The Morgan fingerprint density at radius 1 is 1.24 bits per heavy atom. The third-order valence-electron chi connectivity index (χ3n) is 3.03. The molecule has 0 bridgehead atoms. The molecule has 0 aliphatic heterocycles. The van der Waals surface area contributed by atoms with Gasteiger partial charge in [-0.3, -0.25) is 4.79 Å². The average molecular weight is 294 g/mol. The van der Waals surface area contributed by atoms with E-state index in [0.29, 0.717) is 6.54 Å². The highest BCUT2D eigenvalue weighted by molar-refractivity contribution is 5.76. The molecule has 1 unspecified atom stereocenters. The van der Waals surface area contributed by atoms with Crippen molar-refractivity contribution in [3.05, 3.63) is 35.9 Å². The topological polar surface area (TPSA) is 89.9 Å². The van der Waals surface area contributed by atoms with E-state index in [1.807, 2.05) is 13.0 Å². The fraction of sp³-hybridized carbons (Fsp3) is 0.467. The van der Waals surface area contributed by atoms with E-state index in [-0.39, 0.29) is 25.6 Å². The van der Waals surface area contributed by atoms with Crippen LogP contribution in [0.25, 0.3) is 0 Å². The summed E-state index contributed by atoms with van der Waals surface area (Å²) in [4.78, 5) is 24.7. The third kappa shape index (κ3) is 5.83. The van der Waals surface area contributed by atoms with Gasteiger partial charge in [-0.05, 0) is 12.0 Å². The molecule has 6 nitrogen and oxygen atoms in total. The number of nitrogens with one attached hydrogen (secondary N) is 1. The van der Waals surface area contributed by atoms with Crippen LogP contribution in [0.15, 0.2) is 30.3 Å². The van der Waals surface area contributed by atoms with Gasteiger partial charge in [0.1, 0.15) is 0 Å². The van der Waals surface area contributed by atoms with Crippen LogP contribution in [0.3, 0.4) is 0 Å². The monoisotopic (exact) mass is 294 g/mol. The number of aliphatic carboxylic acids is 1. The van der Waals surface area contributed by atoms with Gasteiger partial charge in [0.2, 0.25) is 0 Å². The second-order valence-electron chi connectivity index (χ2n) is 4.72. The summed E-state index contributed by atoms with van der Waals surface area (Å²) in [6.45, 7) is 2.56. The largest absolute Gasteiger partial charge is 0.481 e. The summed E-state index contributed by atoms with van der Waals surface area (Å²) >= 11 is 0. The van der Waals surface area contributed by atoms with E-state index in [9.17, 15) is 9.59 Å². The normalized spacial score (nSPS) is 11.7. The number of rotatable bonds is 8. The molecule has 0 saturated heterocycles. The van der Waals surface area contributed by atoms with Crippen LogP contribution in [0.5, 0.6) is 0 Å². The lowest BCUT2D eigenvalue weighted by atomic mass is 10.0. The summed E-state index contributed by atoms with van der Waals surface area (Å²) in [6.07, 6.45) is 0.581. The van der Waals surface area contributed by atoms with Gasteiger partial charge in [0.15, 0.2) is 0 Å². The highest BCUT2D eigenvalue weighted by Crippen LogP contribution is 2.17. The van der Waals surface area contributed by atoms with Crippen molar-refractivity contribution >= 4 is 12.0 Å². The molecule has 0 saturated carbocycles. The molecule has 1 atom stereocenters. The van der Waals surface area contributed by atoms with Gasteiger partial charge in [0, 0.05) is 13.1 Å². The highest BCUT2D eigenvalue weighted by Gasteiger charge is 2.20. The first-order valence-corrected chi connectivity index (χ1v) is 7.01. The summed E-state index contributed by atoms with van der Waals surface area (Å²) in [5.41, 5.74) is 0.744. The Morgan fingerprint density at radius 2 is 1.90 bits per heavy atom. The molecule has 3 N–H and O–H groups in total. The van der Waals surface area contributed by atoms with Crippen molar-refractivity contribution < 1.29 is 19.8 Å². The first-order valence-electron chi connectivity index (χ1n) is 7.01. The maximum absolute atomic E-state index is 12.2. The van der Waals surface area contributed by atoms with Crippen LogP contribution < -0.4 is 5.32 Å². The molecule has 1 aromatic rings. The predicted octanol–water partition coefficient (Wildman–Crippen LogP) is 1.62. The van der Waals surface area contributed by atoms with Crippen molar-refractivity contribution in [2.75, 3.05) is 19.7 Å². The number of benzene rings is 1. The molecule has 1 rings (SSSR count). The van der Waals surface area contributed by atoms with Gasteiger partial charge in [-0.2, -0.15) is 0 Å². The minimum atomic E-state index is -0.978. The lowest BCUT2D eigenvalue weighted by Crippen LogP contribution is -2.43. The molecule has 0 fully saturated rings. The molecule has 0 aliphatic rings. The number of urea groups is 1. The number of carboxylic acid groups (broad SMARTS) is 1. The number of nitrogens with zero attached hydrogens (tertiary/aromatic N) is 1. The number of hydrogen-bond donors (Lipinski definition) is 3. The van der Waals surface area contributed by atoms with E-state index in [1.54, 1.807) is 24.3 Å². The molecule has 1 aromatic carbocycles. The van der Waals surface area contributed by atoms with Gasteiger partial charge >= 0.3 is 12.0 Å². The van der Waals surface area contributed by atoms with Crippen LogP contribution in [-0.2, 0) is 4.79 Å². The number of aliphatic hydroxyl groups is 1. The fourth-order valence-electron chi connectivity index (χ4n) is 2.06. The Morgan fingerprint density at radius 3 is 2.43 bits per heavy atom. The number of carboxylic acids is 1. The number of carbonyl (C=O) groups is 2. The van der Waals surface area contributed by atoms with E-state index >= 15 is 0 Å². The van der Waals surface area contributed by atoms with E-state index in [2.05, 4.69) is 5.32 Å². The van der Waals surface area contributed by atoms with E-state index < -0.39 is 12.0 Å². The van der Waals surface area contributed by atoms with Crippen molar-refractivity contribution in [1.29, 1.82) is 0 Å². The molecule has 116 valence electrons. The molecular weight excluding hydrogens is 272 g/mol. The SMILES string of the molecule is CCCN(CCO)C(=O)NC(CC(=O)O)c1ccccc1. The molecular formula is C15H22N2O4. The quantitative estimate of drug-likeness (QED) is 0.679. The van der Waals surface area contributed by atoms with Gasteiger partial charge in [-0.25, -0.2) is 4.79 Å². The van der Waals surface area contributed by atoms with Crippen molar-refractivity contribution in [1.82, 2.24) is 10.2 Å². The molecule has 0 radical (unpaired) electrons. The maximum atomic E-state index is 12.2. The predicted molar refractivity (Wildman–Crippen MR) is 78.9 cm³/mol. The first-order chi connectivity index (χ1) is 10.1. The summed E-state index contributed by atoms with van der Waals surface area (Å²) < 4.78 is 0. The molecule has 21 heavy (non-hydrogen) atoms. The fourth-order valence-corrected chi connectivity index (χ4v) is 2.06. The smallest absolute Gasteiger partial charge is 0.317 e. The van der Waals surface area contributed by atoms with E-state index in [0.717, 1.165) is 12.0 Å². The van der Waals surface area contributed by atoms with Gasteiger partial charge in [-0.15, -0.1) is 0 Å². The van der Waals surface area contributed by atoms with E-state index in [1.165, 1.54) is 4.90 Å². The van der Waals surface area contributed by atoms with Crippen LogP contribution >= 0.6 is 0 Å². The molecule has 0 aromatic heterocycles. The second-order valence-corrected chi connectivity index (χ2v) is 4.72. The second kappa shape index (κ2) is 8.97. The zero-order chi connectivity index (χ0) is 15.7. The maximum Gasteiger partial charge on any atom is 0.317 e. The molecule has 0 aliphatic carbocycles. The van der Waals surface area contributed by atoms with Crippen molar-refractivity contribution in [3.8, 4) is 0 Å². The van der Waals surface area contributed by atoms with Crippen molar-refractivity contribution in [2.45, 2.75) is 25.8 Å². The standard InChI is InChI=1S/C15H22N2O4/c1-2-8-17(9-10-18)15(21)16-13(11-14(19)20)12-6-4-3-5-7-12/h3-7,13,18H,2,8-11H2,1H3,(H,16,21)(H,19,20). The van der Waals surface area contributed by atoms with Crippen molar-refractivity contribution in [2.24, 2.45) is 0 Å². The first kappa shape index (κ1) is 17.0. The zero-order valence-electron chi connectivity index (χ0n) is 12.2. The van der Waals surface area contributed by atoms with Gasteiger partial charge in [0.05, 0.1) is 19.1 Å². The summed E-state index contributed by atoms with van der Waals surface area (Å²) in [5, 5.41) is 20.7. The average Bonchev–Trinajstić information content (AvgIpc) is 2.46. The molecule has 6 heteroatoms. The minimum absolute atomic E-state index is 0.123. The lowest BCUT2D eigenvalue weighted by Gasteiger charge is -2.25. The number of hydrogen-bond acceptors (Lipinski definition) is 3. The van der Waals surface area contributed by atoms with Crippen molar-refractivity contribution in [3.63, 3.8) is 0 Å². The Labute approximate surface area is 124 Å². The number of amides is 2. The lowest BCUT2D eigenvalue weighted by molar-refractivity contribution is -0.137. The Balaban J connectivity index is 2.80. The minimum Gasteiger partial charge on any atom is -0.481 e. The van der Waals surface area contributed by atoms with Crippen LogP contribution in [0, 0.1) is 0 Å². The molecule has 2 amide bonds. The van der Waals surface area contributed by atoms with Gasteiger partial charge in [0.25, 0.3) is 0 Å². The van der Waals surface area contributed by atoms with Crippen LogP contribution in [0.4, 0.5) is 4.79 Å². The zero-order valence-corrected chi connectivity index (χ0v) is 12.2. The summed E-state index contributed by atoms with van der Waals surface area (Å²) in [5.74, 6) is -0.978. The Hall–Kier alpha value is -2.08. The highest BCUT2D eigenvalue weighted by atomic mass is 16.4. The van der Waals surface area contributed by atoms with Crippen LogP contribution in [0.2, 0.25) is 0 Å². The van der Waals surface area contributed by atoms with Gasteiger partial charge < -0.3 is 20.4 Å². The van der Waals surface area contributed by atoms with Crippen LogP contribution in [-0.4, -0.2) is 46.8 Å². The number of carbonyl (C=O) groups excluding carboxylic acids is 1.